The van der Waals surface area contributed by atoms with Gasteiger partial charge in [0.25, 0.3) is 0 Å². The van der Waals surface area contributed by atoms with Crippen LogP contribution in [0.15, 0.2) is 30.3 Å². The summed E-state index contributed by atoms with van der Waals surface area (Å²) in [6.45, 7) is 5.67. The van der Waals surface area contributed by atoms with Gasteiger partial charge in [0.2, 0.25) is 0 Å². The number of hydrogen-bond acceptors (Lipinski definition) is 2. The Labute approximate surface area is 104 Å². The lowest BCUT2D eigenvalue weighted by atomic mass is 10.00. The van der Waals surface area contributed by atoms with Gasteiger partial charge in [0, 0.05) is 12.1 Å². The number of aliphatic hydroxyl groups is 1. The Hall–Kier alpha value is -0.860. The fourth-order valence-corrected chi connectivity index (χ4v) is 2.86. The fraction of sp³-hybridized carbons (Fsp3) is 0.600. The highest BCUT2D eigenvalue weighted by molar-refractivity contribution is 5.17. The maximum atomic E-state index is 10.3. The molecule has 0 radical (unpaired) electrons. The van der Waals surface area contributed by atoms with E-state index in [0.717, 1.165) is 12.0 Å². The Kier molecular flexibility index (Phi) is 4.19. The standard InChI is InChI=1S/C15H23NO/c1-12(2)16-10-6-9-14(16)11-15(17)13-7-4-3-5-8-13/h3-5,7-8,12,14-15,17H,6,9-11H2,1-2H3. The zero-order chi connectivity index (χ0) is 12.3. The van der Waals surface area contributed by atoms with Gasteiger partial charge in [0.15, 0.2) is 0 Å². The van der Waals surface area contributed by atoms with E-state index in [1.54, 1.807) is 0 Å². The number of hydrogen-bond donors (Lipinski definition) is 1. The van der Waals surface area contributed by atoms with Crippen molar-refractivity contribution in [2.24, 2.45) is 0 Å². The molecule has 1 heterocycles. The first-order valence-corrected chi connectivity index (χ1v) is 6.67. The molecular formula is C15H23NO. The van der Waals surface area contributed by atoms with Crippen molar-refractivity contribution >= 4 is 0 Å². The van der Waals surface area contributed by atoms with Gasteiger partial charge in [-0.05, 0) is 45.2 Å². The highest BCUT2D eigenvalue weighted by atomic mass is 16.3. The second-order valence-electron chi connectivity index (χ2n) is 5.29. The van der Waals surface area contributed by atoms with Crippen molar-refractivity contribution in [2.45, 2.75) is 51.3 Å². The van der Waals surface area contributed by atoms with Gasteiger partial charge in [0.1, 0.15) is 0 Å². The lowest BCUT2D eigenvalue weighted by Crippen LogP contribution is -2.36. The second kappa shape index (κ2) is 5.65. The molecule has 2 nitrogen and oxygen atoms in total. The Morgan fingerprint density at radius 2 is 2.00 bits per heavy atom. The third kappa shape index (κ3) is 3.08. The molecular weight excluding hydrogens is 210 g/mol. The van der Waals surface area contributed by atoms with Crippen molar-refractivity contribution in [1.29, 1.82) is 0 Å². The van der Waals surface area contributed by atoms with Crippen LogP contribution in [0.2, 0.25) is 0 Å². The van der Waals surface area contributed by atoms with E-state index in [2.05, 4.69) is 18.7 Å². The van der Waals surface area contributed by atoms with Crippen LogP contribution in [-0.4, -0.2) is 28.6 Å². The van der Waals surface area contributed by atoms with Gasteiger partial charge in [-0.2, -0.15) is 0 Å². The topological polar surface area (TPSA) is 23.5 Å². The van der Waals surface area contributed by atoms with Crippen LogP contribution >= 0.6 is 0 Å². The van der Waals surface area contributed by atoms with Crippen molar-refractivity contribution < 1.29 is 5.11 Å². The molecule has 0 amide bonds. The molecule has 0 bridgehead atoms. The largest absolute Gasteiger partial charge is 0.388 e. The van der Waals surface area contributed by atoms with Crippen LogP contribution in [-0.2, 0) is 0 Å². The molecule has 0 saturated carbocycles. The summed E-state index contributed by atoms with van der Waals surface area (Å²) >= 11 is 0. The van der Waals surface area contributed by atoms with Gasteiger partial charge in [-0.25, -0.2) is 0 Å². The quantitative estimate of drug-likeness (QED) is 0.864. The van der Waals surface area contributed by atoms with Crippen molar-refractivity contribution in [1.82, 2.24) is 4.90 Å². The summed E-state index contributed by atoms with van der Waals surface area (Å²) in [5.74, 6) is 0. The van der Waals surface area contributed by atoms with Gasteiger partial charge >= 0.3 is 0 Å². The first kappa shape index (κ1) is 12.6. The van der Waals surface area contributed by atoms with Crippen LogP contribution in [0.1, 0.15) is 44.8 Å². The summed E-state index contributed by atoms with van der Waals surface area (Å²) in [7, 11) is 0. The van der Waals surface area contributed by atoms with Crippen LogP contribution in [0.4, 0.5) is 0 Å². The molecule has 1 aliphatic heterocycles. The molecule has 1 fully saturated rings. The minimum Gasteiger partial charge on any atom is -0.388 e. The minimum atomic E-state index is -0.319. The zero-order valence-electron chi connectivity index (χ0n) is 10.8. The molecule has 1 aromatic carbocycles. The third-order valence-corrected chi connectivity index (χ3v) is 3.77. The molecule has 0 spiro atoms. The molecule has 0 aliphatic carbocycles. The maximum absolute atomic E-state index is 10.3. The van der Waals surface area contributed by atoms with E-state index in [9.17, 15) is 5.11 Å². The number of benzene rings is 1. The summed E-state index contributed by atoms with van der Waals surface area (Å²) in [4.78, 5) is 2.52. The molecule has 1 N–H and O–H groups in total. The summed E-state index contributed by atoms with van der Waals surface area (Å²) < 4.78 is 0. The van der Waals surface area contributed by atoms with E-state index in [4.69, 9.17) is 0 Å². The van der Waals surface area contributed by atoms with E-state index >= 15 is 0 Å². The summed E-state index contributed by atoms with van der Waals surface area (Å²) in [6.07, 6.45) is 3.04. The molecule has 2 unspecified atom stereocenters. The average molecular weight is 233 g/mol. The molecule has 2 atom stereocenters. The van der Waals surface area contributed by atoms with Gasteiger partial charge in [-0.3, -0.25) is 4.90 Å². The Morgan fingerprint density at radius 3 is 2.65 bits per heavy atom. The van der Waals surface area contributed by atoms with Gasteiger partial charge in [0.05, 0.1) is 6.10 Å². The molecule has 2 rings (SSSR count). The van der Waals surface area contributed by atoms with E-state index in [1.807, 2.05) is 30.3 Å². The van der Waals surface area contributed by atoms with Crippen LogP contribution in [0, 0.1) is 0 Å². The lowest BCUT2D eigenvalue weighted by Gasteiger charge is -2.29. The number of rotatable bonds is 4. The Morgan fingerprint density at radius 1 is 1.29 bits per heavy atom. The molecule has 1 aliphatic rings. The van der Waals surface area contributed by atoms with Crippen molar-refractivity contribution in [2.75, 3.05) is 6.54 Å². The van der Waals surface area contributed by atoms with E-state index < -0.39 is 0 Å². The van der Waals surface area contributed by atoms with Crippen LogP contribution in [0.3, 0.4) is 0 Å². The smallest absolute Gasteiger partial charge is 0.0805 e. The molecule has 94 valence electrons. The molecule has 17 heavy (non-hydrogen) atoms. The third-order valence-electron chi connectivity index (χ3n) is 3.77. The fourth-order valence-electron chi connectivity index (χ4n) is 2.86. The number of nitrogens with zero attached hydrogens (tertiary/aromatic N) is 1. The van der Waals surface area contributed by atoms with E-state index in [0.29, 0.717) is 12.1 Å². The van der Waals surface area contributed by atoms with Gasteiger partial charge < -0.3 is 5.11 Å². The second-order valence-corrected chi connectivity index (χ2v) is 5.29. The van der Waals surface area contributed by atoms with Crippen LogP contribution in [0.5, 0.6) is 0 Å². The maximum Gasteiger partial charge on any atom is 0.0805 e. The van der Waals surface area contributed by atoms with Crippen molar-refractivity contribution in [3.05, 3.63) is 35.9 Å². The SMILES string of the molecule is CC(C)N1CCCC1CC(O)c1ccccc1. The predicted octanol–water partition coefficient (Wildman–Crippen LogP) is 2.98. The van der Waals surface area contributed by atoms with Crippen molar-refractivity contribution in [3.8, 4) is 0 Å². The molecule has 2 heteroatoms. The first-order valence-electron chi connectivity index (χ1n) is 6.67. The molecule has 1 aromatic rings. The van der Waals surface area contributed by atoms with E-state index in [1.165, 1.54) is 19.4 Å². The molecule has 1 saturated heterocycles. The Balaban J connectivity index is 1.97. The van der Waals surface area contributed by atoms with Crippen LogP contribution < -0.4 is 0 Å². The van der Waals surface area contributed by atoms with Crippen LogP contribution in [0.25, 0.3) is 0 Å². The highest BCUT2D eigenvalue weighted by Gasteiger charge is 2.28. The number of aliphatic hydroxyl groups excluding tert-OH is 1. The van der Waals surface area contributed by atoms with Gasteiger partial charge in [-0.15, -0.1) is 0 Å². The average Bonchev–Trinajstić information content (AvgIpc) is 2.78. The van der Waals surface area contributed by atoms with Gasteiger partial charge in [-0.1, -0.05) is 30.3 Å². The van der Waals surface area contributed by atoms with E-state index in [-0.39, 0.29) is 6.10 Å². The lowest BCUT2D eigenvalue weighted by molar-refractivity contribution is 0.107. The normalized spacial score (nSPS) is 23.2. The first-order chi connectivity index (χ1) is 8.18. The zero-order valence-corrected chi connectivity index (χ0v) is 10.8. The summed E-state index contributed by atoms with van der Waals surface area (Å²) in [5, 5.41) is 10.3. The number of likely N-dealkylation sites (tertiary alicyclic amines) is 1. The Bertz CT molecular complexity index is 336. The monoisotopic (exact) mass is 233 g/mol. The predicted molar refractivity (Wildman–Crippen MR) is 70.9 cm³/mol. The molecule has 0 aromatic heterocycles. The van der Waals surface area contributed by atoms with Crippen molar-refractivity contribution in [3.63, 3.8) is 0 Å². The minimum absolute atomic E-state index is 0.319. The highest BCUT2D eigenvalue weighted by Crippen LogP contribution is 2.28. The summed E-state index contributed by atoms with van der Waals surface area (Å²) in [5.41, 5.74) is 1.04. The summed E-state index contributed by atoms with van der Waals surface area (Å²) in [6, 6.07) is 11.1.